The number of nitrogens with two attached hydrogens (primary N) is 1. The number of aromatic nitrogens is 4. The number of hydrogen-bond donors (Lipinski definition) is 3. The van der Waals surface area contributed by atoms with Crippen molar-refractivity contribution in [3.05, 3.63) is 65.1 Å². The lowest BCUT2D eigenvalue weighted by Gasteiger charge is -2.22. The van der Waals surface area contributed by atoms with Crippen LogP contribution in [-0.2, 0) is 24.4 Å². The van der Waals surface area contributed by atoms with Gasteiger partial charge in [0.25, 0.3) is 5.91 Å². The first-order chi connectivity index (χ1) is 17.9. The van der Waals surface area contributed by atoms with Crippen LogP contribution in [0.3, 0.4) is 0 Å². The molecule has 2 amide bonds. The standard InChI is InChI=1S/C26H34N8O3/c1-18-7-8-22-23(14-18)37-13-5-12-34-17-21(31-32-34)16-33(15-20-6-3-9-28-24(20)27)11-4-10-29-25(35)19(2)30-26(22)36/h3,6-9,14,17,19H,4-5,10-13,15-16H2,1-2H3,(H2,27,28)(H,29,35)(H,30,36)/t19-/m1/s1. The van der Waals surface area contributed by atoms with Gasteiger partial charge in [0, 0.05) is 57.1 Å². The normalized spacial score (nSPS) is 18.4. The molecule has 3 aromatic rings. The van der Waals surface area contributed by atoms with Gasteiger partial charge in [0.2, 0.25) is 5.91 Å². The molecule has 2 aromatic heterocycles. The fourth-order valence-corrected chi connectivity index (χ4v) is 4.14. The highest BCUT2D eigenvalue weighted by Crippen LogP contribution is 2.21. The number of benzene rings is 1. The zero-order valence-electron chi connectivity index (χ0n) is 21.3. The molecule has 1 atom stereocenters. The number of fused-ring (bicyclic) bond motifs is 3. The van der Waals surface area contributed by atoms with Gasteiger partial charge >= 0.3 is 0 Å². The van der Waals surface area contributed by atoms with E-state index >= 15 is 0 Å². The highest BCUT2D eigenvalue weighted by molar-refractivity contribution is 5.99. The van der Waals surface area contributed by atoms with Crippen LogP contribution in [0.2, 0.25) is 0 Å². The number of rotatable bonds is 2. The van der Waals surface area contributed by atoms with Crippen molar-refractivity contribution < 1.29 is 14.3 Å². The molecule has 37 heavy (non-hydrogen) atoms. The molecule has 11 nitrogen and oxygen atoms in total. The Labute approximate surface area is 216 Å². The van der Waals surface area contributed by atoms with Crippen LogP contribution in [0, 0.1) is 6.92 Å². The molecule has 3 heterocycles. The highest BCUT2D eigenvalue weighted by Gasteiger charge is 2.20. The summed E-state index contributed by atoms with van der Waals surface area (Å²) in [6.07, 6.45) is 5.00. The van der Waals surface area contributed by atoms with Crippen molar-refractivity contribution in [2.75, 3.05) is 25.4 Å². The van der Waals surface area contributed by atoms with E-state index in [-0.39, 0.29) is 11.8 Å². The largest absolute Gasteiger partial charge is 0.493 e. The fourth-order valence-electron chi connectivity index (χ4n) is 4.14. The van der Waals surface area contributed by atoms with Crippen molar-refractivity contribution in [1.82, 2.24) is 35.5 Å². The lowest BCUT2D eigenvalue weighted by molar-refractivity contribution is -0.122. The van der Waals surface area contributed by atoms with Gasteiger partial charge in [-0.3, -0.25) is 19.2 Å². The molecule has 0 unspecified atom stereocenters. The van der Waals surface area contributed by atoms with Gasteiger partial charge < -0.3 is 21.1 Å². The Morgan fingerprint density at radius 1 is 1.19 bits per heavy atom. The monoisotopic (exact) mass is 506 g/mol. The van der Waals surface area contributed by atoms with Crippen molar-refractivity contribution in [2.24, 2.45) is 0 Å². The summed E-state index contributed by atoms with van der Waals surface area (Å²) in [6, 6.07) is 8.54. The number of nitrogen functional groups attached to an aromatic ring is 1. The molecule has 4 rings (SSSR count). The number of carbonyl (C=O) groups excluding carboxylic acids is 2. The quantitative estimate of drug-likeness (QED) is 0.477. The number of hydrogen-bond acceptors (Lipinski definition) is 8. The molecule has 1 aromatic carbocycles. The summed E-state index contributed by atoms with van der Waals surface area (Å²) in [7, 11) is 0. The lowest BCUT2D eigenvalue weighted by Crippen LogP contribution is -2.45. The number of anilines is 1. The molecule has 196 valence electrons. The minimum Gasteiger partial charge on any atom is -0.493 e. The predicted molar refractivity (Wildman–Crippen MR) is 139 cm³/mol. The van der Waals surface area contributed by atoms with E-state index in [1.54, 1.807) is 23.9 Å². The van der Waals surface area contributed by atoms with Crippen LogP contribution in [0.1, 0.15) is 46.9 Å². The fraction of sp³-hybridized carbons (Fsp3) is 0.423. The Morgan fingerprint density at radius 3 is 2.89 bits per heavy atom. The molecule has 11 heteroatoms. The first-order valence-corrected chi connectivity index (χ1v) is 12.5. The maximum Gasteiger partial charge on any atom is 0.255 e. The van der Waals surface area contributed by atoms with Crippen LogP contribution in [0.4, 0.5) is 5.82 Å². The van der Waals surface area contributed by atoms with Gasteiger partial charge in [-0.15, -0.1) is 5.10 Å². The topological polar surface area (TPSA) is 140 Å². The second-order valence-electron chi connectivity index (χ2n) is 9.27. The number of aryl methyl sites for hydroxylation is 2. The number of nitrogens with zero attached hydrogens (tertiary/aromatic N) is 5. The van der Waals surface area contributed by atoms with Gasteiger partial charge in [0.15, 0.2) is 0 Å². The zero-order valence-corrected chi connectivity index (χ0v) is 21.3. The molecule has 0 saturated heterocycles. The van der Waals surface area contributed by atoms with Crippen molar-refractivity contribution in [1.29, 1.82) is 0 Å². The molecular weight excluding hydrogens is 472 g/mol. The van der Waals surface area contributed by atoms with E-state index in [1.807, 2.05) is 37.4 Å². The highest BCUT2D eigenvalue weighted by atomic mass is 16.5. The molecule has 0 spiro atoms. The number of ether oxygens (including phenoxy) is 1. The Morgan fingerprint density at radius 2 is 2.05 bits per heavy atom. The molecular formula is C26H34N8O3. The molecule has 4 N–H and O–H groups in total. The van der Waals surface area contributed by atoms with Crippen LogP contribution < -0.4 is 21.1 Å². The van der Waals surface area contributed by atoms with Crippen molar-refractivity contribution in [2.45, 2.75) is 52.4 Å². The number of amides is 2. The van der Waals surface area contributed by atoms with E-state index in [2.05, 4.69) is 30.8 Å². The molecule has 0 saturated carbocycles. The van der Waals surface area contributed by atoms with Gasteiger partial charge in [-0.05, 0) is 44.0 Å². The molecule has 0 aliphatic carbocycles. The molecule has 1 aliphatic rings. The van der Waals surface area contributed by atoms with Gasteiger partial charge in [-0.2, -0.15) is 0 Å². The van der Waals surface area contributed by atoms with Gasteiger partial charge in [0.05, 0.1) is 17.9 Å². The van der Waals surface area contributed by atoms with Crippen LogP contribution in [-0.4, -0.2) is 62.4 Å². The van der Waals surface area contributed by atoms with E-state index < -0.39 is 6.04 Å². The van der Waals surface area contributed by atoms with Crippen molar-refractivity contribution in [3.63, 3.8) is 0 Å². The number of pyridine rings is 1. The molecule has 0 fully saturated rings. The molecule has 0 radical (unpaired) electrons. The number of nitrogens with one attached hydrogen (secondary N) is 2. The van der Waals surface area contributed by atoms with E-state index in [9.17, 15) is 9.59 Å². The van der Waals surface area contributed by atoms with Crippen LogP contribution >= 0.6 is 0 Å². The van der Waals surface area contributed by atoms with Crippen molar-refractivity contribution in [3.8, 4) is 5.75 Å². The van der Waals surface area contributed by atoms with Gasteiger partial charge in [-0.1, -0.05) is 17.3 Å². The van der Waals surface area contributed by atoms with Crippen LogP contribution in [0.25, 0.3) is 0 Å². The Balaban J connectivity index is 1.50. The third kappa shape index (κ3) is 7.26. The number of carbonyl (C=O) groups is 2. The summed E-state index contributed by atoms with van der Waals surface area (Å²) in [6.45, 7) is 6.98. The van der Waals surface area contributed by atoms with E-state index in [1.165, 1.54) is 0 Å². The first-order valence-electron chi connectivity index (χ1n) is 12.5. The van der Waals surface area contributed by atoms with Crippen LogP contribution in [0.15, 0.2) is 42.7 Å². The van der Waals surface area contributed by atoms with E-state index in [4.69, 9.17) is 10.5 Å². The lowest BCUT2D eigenvalue weighted by atomic mass is 10.1. The second-order valence-corrected chi connectivity index (χ2v) is 9.27. The Kier molecular flexibility index (Phi) is 8.68. The predicted octanol–water partition coefficient (Wildman–Crippen LogP) is 1.67. The SMILES string of the molecule is Cc1ccc2c(c1)OCCCn1cc(nn1)CN(Cc1cccnc1N)CCCNC(=O)[C@@H](C)NC2=O. The first kappa shape index (κ1) is 26.1. The van der Waals surface area contributed by atoms with E-state index in [0.29, 0.717) is 69.3 Å². The Bertz CT molecular complexity index is 1230. The summed E-state index contributed by atoms with van der Waals surface area (Å²) in [5.74, 6) is 0.395. The average Bonchev–Trinajstić information content (AvgIpc) is 3.32. The summed E-state index contributed by atoms with van der Waals surface area (Å²) in [4.78, 5) is 32.0. The maximum atomic E-state index is 12.9. The van der Waals surface area contributed by atoms with Gasteiger partial charge in [-0.25, -0.2) is 4.98 Å². The molecule has 1 aliphatic heterocycles. The third-order valence-corrected chi connectivity index (χ3v) is 6.15. The summed E-state index contributed by atoms with van der Waals surface area (Å²) in [5.41, 5.74) is 9.23. The second kappa shape index (κ2) is 12.3. The van der Waals surface area contributed by atoms with Crippen molar-refractivity contribution >= 4 is 17.6 Å². The van der Waals surface area contributed by atoms with Gasteiger partial charge in [0.1, 0.15) is 17.6 Å². The van der Waals surface area contributed by atoms with Crippen LogP contribution in [0.5, 0.6) is 5.75 Å². The molecule has 2 bridgehead atoms. The summed E-state index contributed by atoms with van der Waals surface area (Å²) < 4.78 is 7.76. The minimum atomic E-state index is -0.691. The third-order valence-electron chi connectivity index (χ3n) is 6.15. The summed E-state index contributed by atoms with van der Waals surface area (Å²) >= 11 is 0. The van der Waals surface area contributed by atoms with E-state index in [0.717, 1.165) is 16.8 Å². The summed E-state index contributed by atoms with van der Waals surface area (Å²) in [5, 5.41) is 14.3. The Hall–Kier alpha value is -3.99. The minimum absolute atomic E-state index is 0.244. The smallest absolute Gasteiger partial charge is 0.255 e. The average molecular weight is 507 g/mol. The maximum absolute atomic E-state index is 12.9. The zero-order chi connectivity index (χ0) is 26.2.